The zero-order valence-corrected chi connectivity index (χ0v) is 36.7. The number of amides is 2. The summed E-state index contributed by atoms with van der Waals surface area (Å²) in [4.78, 5) is 34.6. The Labute approximate surface area is 339 Å². The fourth-order valence-electron chi connectivity index (χ4n) is 7.53. The van der Waals surface area contributed by atoms with E-state index in [0.717, 1.165) is 25.0 Å². The third-order valence-corrected chi connectivity index (χ3v) is 11.0. The van der Waals surface area contributed by atoms with Gasteiger partial charge in [0, 0.05) is 58.6 Å². The monoisotopic (exact) mass is 776 g/mol. The van der Waals surface area contributed by atoms with E-state index in [1.54, 1.807) is 24.5 Å². The molecule has 9 heteroatoms. The van der Waals surface area contributed by atoms with E-state index in [4.69, 9.17) is 9.47 Å². The Balaban J connectivity index is 2.54. The SMILES string of the molecule is CCCCCCCCCCCCCCCCOC(CNC)C(CN(C)C(=O)C(Cc1cnc[nH]1)NC(C)=O)OCCCCCCCCCCCCCCCC. The maximum Gasteiger partial charge on any atom is 0.245 e. The summed E-state index contributed by atoms with van der Waals surface area (Å²) in [6, 6.07) is -0.686. The molecule has 0 aliphatic heterocycles. The fraction of sp³-hybridized carbons (Fsp3) is 0.891. The number of carbonyl (C=O) groups is 2. The Bertz CT molecular complexity index is 978. The van der Waals surface area contributed by atoms with Crippen LogP contribution in [0.2, 0.25) is 0 Å². The predicted octanol–water partition coefficient (Wildman–Crippen LogP) is 10.9. The van der Waals surface area contributed by atoms with E-state index in [2.05, 4.69) is 34.4 Å². The minimum absolute atomic E-state index is 0.148. The number of likely N-dealkylation sites (N-methyl/N-ethyl adjacent to an activating group) is 2. The molecule has 0 spiro atoms. The van der Waals surface area contributed by atoms with Crippen molar-refractivity contribution in [3.8, 4) is 0 Å². The molecule has 0 aliphatic carbocycles. The van der Waals surface area contributed by atoms with Gasteiger partial charge in [-0.2, -0.15) is 0 Å². The molecule has 0 fully saturated rings. The molecule has 2 amide bonds. The second kappa shape index (κ2) is 37.6. The number of aromatic nitrogens is 2. The van der Waals surface area contributed by atoms with Crippen LogP contribution in [0.25, 0.3) is 0 Å². The first-order valence-corrected chi connectivity index (χ1v) is 23.3. The molecule has 1 rings (SSSR count). The van der Waals surface area contributed by atoms with Crippen molar-refractivity contribution in [2.24, 2.45) is 0 Å². The quantitative estimate of drug-likeness (QED) is 0.0572. The van der Waals surface area contributed by atoms with Crippen molar-refractivity contribution in [1.82, 2.24) is 25.5 Å². The summed E-state index contributed by atoms with van der Waals surface area (Å²) < 4.78 is 13.1. The highest BCUT2D eigenvalue weighted by Gasteiger charge is 2.29. The molecule has 322 valence electrons. The van der Waals surface area contributed by atoms with Gasteiger partial charge >= 0.3 is 0 Å². The number of hydrogen-bond acceptors (Lipinski definition) is 6. The Morgan fingerprint density at radius 1 is 0.655 bits per heavy atom. The lowest BCUT2D eigenvalue weighted by molar-refractivity contribution is -0.139. The van der Waals surface area contributed by atoms with Gasteiger partial charge in [-0.25, -0.2) is 4.98 Å². The first-order chi connectivity index (χ1) is 26.9. The number of imidazole rings is 1. The Kier molecular flexibility index (Phi) is 34.9. The average Bonchev–Trinajstić information content (AvgIpc) is 3.69. The van der Waals surface area contributed by atoms with Crippen LogP contribution in [0.5, 0.6) is 0 Å². The maximum atomic E-state index is 13.7. The number of hydrogen-bond donors (Lipinski definition) is 3. The molecular weight excluding hydrogens is 687 g/mol. The number of unbranched alkanes of at least 4 members (excludes halogenated alkanes) is 26. The molecule has 0 saturated heterocycles. The maximum absolute atomic E-state index is 13.7. The third kappa shape index (κ3) is 29.9. The molecule has 0 radical (unpaired) electrons. The minimum atomic E-state index is -0.686. The third-order valence-electron chi connectivity index (χ3n) is 11.0. The smallest absolute Gasteiger partial charge is 0.245 e. The predicted molar refractivity (Wildman–Crippen MR) is 232 cm³/mol. The molecular formula is C46H89N5O4. The van der Waals surface area contributed by atoms with Gasteiger partial charge in [-0.1, -0.05) is 181 Å². The molecule has 9 nitrogen and oxygen atoms in total. The van der Waals surface area contributed by atoms with Crippen LogP contribution in [-0.4, -0.2) is 85.3 Å². The molecule has 3 N–H and O–H groups in total. The lowest BCUT2D eigenvalue weighted by atomic mass is 10.0. The van der Waals surface area contributed by atoms with Gasteiger partial charge < -0.3 is 30.0 Å². The molecule has 0 saturated carbocycles. The highest BCUT2D eigenvalue weighted by molar-refractivity contribution is 5.87. The summed E-state index contributed by atoms with van der Waals surface area (Å²) in [6.45, 7) is 8.39. The summed E-state index contributed by atoms with van der Waals surface area (Å²) in [5.74, 6) is -0.383. The zero-order valence-electron chi connectivity index (χ0n) is 36.7. The van der Waals surface area contributed by atoms with Crippen LogP contribution < -0.4 is 10.6 Å². The molecule has 3 atom stereocenters. The summed E-state index contributed by atoms with van der Waals surface area (Å²) in [5.41, 5.74) is 0.802. The molecule has 1 heterocycles. The summed E-state index contributed by atoms with van der Waals surface area (Å²) in [5, 5.41) is 6.16. The van der Waals surface area contributed by atoms with Crippen molar-refractivity contribution in [1.29, 1.82) is 0 Å². The highest BCUT2D eigenvalue weighted by atomic mass is 16.5. The van der Waals surface area contributed by atoms with Crippen LogP contribution >= 0.6 is 0 Å². The number of carbonyl (C=O) groups excluding carboxylic acids is 2. The van der Waals surface area contributed by atoms with Crippen LogP contribution in [0.3, 0.4) is 0 Å². The highest BCUT2D eigenvalue weighted by Crippen LogP contribution is 2.16. The second-order valence-corrected chi connectivity index (χ2v) is 16.3. The Morgan fingerprint density at radius 3 is 1.42 bits per heavy atom. The molecule has 0 bridgehead atoms. The largest absolute Gasteiger partial charge is 0.374 e. The number of ether oxygens (including phenoxy) is 2. The standard InChI is InChI=1S/C46H89N5O4/c1-6-8-10-12-14-16-18-20-22-24-26-28-30-32-34-54-44(38-47-4)45(39-51(5)46(53)43(50-41(3)52)36-42-37-48-40-49-42)55-35-33-31-29-27-25-23-21-19-17-15-13-11-9-7-2/h37,40,43-45,47H,6-36,38-39H2,1-5H3,(H,48,49)(H,50,52). The van der Waals surface area contributed by atoms with E-state index in [-0.39, 0.29) is 24.0 Å². The van der Waals surface area contributed by atoms with Crippen molar-refractivity contribution < 1.29 is 19.1 Å². The lowest BCUT2D eigenvalue weighted by Gasteiger charge is -2.32. The van der Waals surface area contributed by atoms with E-state index in [1.807, 2.05) is 7.05 Å². The van der Waals surface area contributed by atoms with E-state index in [9.17, 15) is 9.59 Å². The van der Waals surface area contributed by atoms with Crippen LogP contribution in [0.4, 0.5) is 0 Å². The van der Waals surface area contributed by atoms with Gasteiger partial charge in [0.25, 0.3) is 0 Å². The second-order valence-electron chi connectivity index (χ2n) is 16.3. The van der Waals surface area contributed by atoms with Crippen molar-refractivity contribution in [2.75, 3.05) is 40.4 Å². The van der Waals surface area contributed by atoms with E-state index in [0.29, 0.717) is 32.7 Å². The van der Waals surface area contributed by atoms with E-state index < -0.39 is 6.04 Å². The Hall–Kier alpha value is -1.97. The van der Waals surface area contributed by atoms with Gasteiger partial charge in [-0.05, 0) is 19.9 Å². The number of rotatable bonds is 41. The first-order valence-electron chi connectivity index (χ1n) is 23.3. The summed E-state index contributed by atoms with van der Waals surface area (Å²) in [7, 11) is 3.75. The van der Waals surface area contributed by atoms with Gasteiger partial charge in [0.15, 0.2) is 0 Å². The number of nitrogens with one attached hydrogen (secondary N) is 3. The molecule has 0 aliphatic rings. The van der Waals surface area contributed by atoms with Crippen molar-refractivity contribution >= 4 is 11.8 Å². The molecule has 1 aromatic rings. The van der Waals surface area contributed by atoms with E-state index >= 15 is 0 Å². The number of aromatic amines is 1. The summed E-state index contributed by atoms with van der Waals surface area (Å²) in [6.07, 6.45) is 40.3. The van der Waals surface area contributed by atoms with Crippen LogP contribution in [0.1, 0.15) is 206 Å². The van der Waals surface area contributed by atoms with Gasteiger partial charge in [0.05, 0.1) is 12.4 Å². The van der Waals surface area contributed by atoms with Crippen LogP contribution in [-0.2, 0) is 25.5 Å². The Morgan fingerprint density at radius 2 is 1.05 bits per heavy atom. The number of H-pyrrole nitrogens is 1. The van der Waals surface area contributed by atoms with Crippen molar-refractivity contribution in [3.63, 3.8) is 0 Å². The zero-order chi connectivity index (χ0) is 40.0. The molecule has 55 heavy (non-hydrogen) atoms. The average molecular weight is 776 g/mol. The van der Waals surface area contributed by atoms with Crippen molar-refractivity contribution in [2.45, 2.75) is 225 Å². The van der Waals surface area contributed by atoms with Gasteiger partial charge in [-0.3, -0.25) is 9.59 Å². The minimum Gasteiger partial charge on any atom is -0.374 e. The van der Waals surface area contributed by atoms with Crippen LogP contribution in [0.15, 0.2) is 12.5 Å². The van der Waals surface area contributed by atoms with Gasteiger partial charge in [-0.15, -0.1) is 0 Å². The number of nitrogens with zero attached hydrogens (tertiary/aromatic N) is 2. The lowest BCUT2D eigenvalue weighted by Crippen LogP contribution is -2.52. The van der Waals surface area contributed by atoms with Crippen molar-refractivity contribution in [3.05, 3.63) is 18.2 Å². The molecule has 3 unspecified atom stereocenters. The fourth-order valence-corrected chi connectivity index (χ4v) is 7.53. The van der Waals surface area contributed by atoms with Gasteiger partial charge in [0.1, 0.15) is 12.1 Å². The van der Waals surface area contributed by atoms with E-state index in [1.165, 1.54) is 167 Å². The van der Waals surface area contributed by atoms with Crippen LogP contribution in [0, 0.1) is 0 Å². The van der Waals surface area contributed by atoms with Gasteiger partial charge in [0.2, 0.25) is 11.8 Å². The normalized spacial score (nSPS) is 13.2. The molecule has 0 aromatic carbocycles. The first kappa shape index (κ1) is 51.0. The molecule has 1 aromatic heterocycles. The summed E-state index contributed by atoms with van der Waals surface area (Å²) >= 11 is 0. The topological polar surface area (TPSA) is 109 Å².